The quantitative estimate of drug-likeness (QED) is 0.869. The second kappa shape index (κ2) is 4.09. The molecule has 18 heavy (non-hydrogen) atoms. The SMILES string of the molecule is O=C1CCN(c2cccn3cc(Br)nc23)C(=O)N1. The summed E-state index contributed by atoms with van der Waals surface area (Å²) in [6.07, 6.45) is 3.96. The largest absolute Gasteiger partial charge is 0.328 e. The van der Waals surface area contributed by atoms with Crippen LogP contribution in [0.5, 0.6) is 0 Å². The summed E-state index contributed by atoms with van der Waals surface area (Å²) in [6, 6.07) is 3.24. The zero-order chi connectivity index (χ0) is 12.7. The summed E-state index contributed by atoms with van der Waals surface area (Å²) >= 11 is 3.30. The maximum atomic E-state index is 11.8. The van der Waals surface area contributed by atoms with Gasteiger partial charge in [-0.25, -0.2) is 9.78 Å². The molecule has 0 bridgehead atoms. The Bertz CT molecular complexity index is 652. The van der Waals surface area contributed by atoms with Gasteiger partial charge in [-0.2, -0.15) is 0 Å². The smallest absolute Gasteiger partial charge is 0.304 e. The Morgan fingerprint density at radius 1 is 1.39 bits per heavy atom. The minimum atomic E-state index is -0.404. The number of urea groups is 1. The van der Waals surface area contributed by atoms with Gasteiger partial charge in [-0.1, -0.05) is 0 Å². The highest BCUT2D eigenvalue weighted by Gasteiger charge is 2.26. The third-order valence-electron chi connectivity index (χ3n) is 2.78. The Hall–Kier alpha value is -1.89. The molecule has 6 nitrogen and oxygen atoms in total. The first-order valence-corrected chi connectivity index (χ1v) is 6.19. The Morgan fingerprint density at radius 3 is 3.00 bits per heavy atom. The van der Waals surface area contributed by atoms with Crippen molar-refractivity contribution in [1.82, 2.24) is 14.7 Å². The van der Waals surface area contributed by atoms with Gasteiger partial charge in [0.25, 0.3) is 0 Å². The number of halogens is 1. The van der Waals surface area contributed by atoms with E-state index in [1.165, 1.54) is 4.90 Å². The minimum Gasteiger partial charge on any atom is -0.304 e. The number of imide groups is 1. The molecule has 1 aliphatic rings. The van der Waals surface area contributed by atoms with Gasteiger partial charge in [0.15, 0.2) is 5.65 Å². The van der Waals surface area contributed by atoms with Crippen LogP contribution < -0.4 is 10.2 Å². The monoisotopic (exact) mass is 308 g/mol. The number of rotatable bonds is 1. The molecule has 1 fully saturated rings. The van der Waals surface area contributed by atoms with E-state index in [9.17, 15) is 9.59 Å². The number of hydrogen-bond acceptors (Lipinski definition) is 3. The van der Waals surface area contributed by atoms with Crippen molar-refractivity contribution < 1.29 is 9.59 Å². The van der Waals surface area contributed by atoms with E-state index < -0.39 is 6.03 Å². The lowest BCUT2D eigenvalue weighted by atomic mass is 10.2. The number of imidazole rings is 1. The van der Waals surface area contributed by atoms with Crippen LogP contribution in [0.3, 0.4) is 0 Å². The van der Waals surface area contributed by atoms with E-state index >= 15 is 0 Å². The molecule has 2 aromatic heterocycles. The van der Waals surface area contributed by atoms with Crippen molar-refractivity contribution in [2.75, 3.05) is 11.4 Å². The van der Waals surface area contributed by atoms with Crippen LogP contribution in [-0.4, -0.2) is 27.9 Å². The molecule has 0 saturated carbocycles. The molecule has 0 unspecified atom stereocenters. The van der Waals surface area contributed by atoms with Crippen molar-refractivity contribution in [1.29, 1.82) is 0 Å². The highest BCUT2D eigenvalue weighted by Crippen LogP contribution is 2.24. The molecule has 92 valence electrons. The maximum Gasteiger partial charge on any atom is 0.328 e. The van der Waals surface area contributed by atoms with Gasteiger partial charge >= 0.3 is 6.03 Å². The predicted molar refractivity (Wildman–Crippen MR) is 68.4 cm³/mol. The van der Waals surface area contributed by atoms with Crippen molar-refractivity contribution in [3.63, 3.8) is 0 Å². The number of carbonyl (C=O) groups excluding carboxylic acids is 2. The van der Waals surface area contributed by atoms with Crippen LogP contribution in [0.1, 0.15) is 6.42 Å². The van der Waals surface area contributed by atoms with Crippen LogP contribution in [0.25, 0.3) is 5.65 Å². The molecule has 3 heterocycles. The molecule has 0 aromatic carbocycles. The third-order valence-corrected chi connectivity index (χ3v) is 3.16. The van der Waals surface area contributed by atoms with Crippen molar-refractivity contribution in [2.24, 2.45) is 0 Å². The van der Waals surface area contributed by atoms with Crippen LogP contribution in [0.15, 0.2) is 29.1 Å². The van der Waals surface area contributed by atoms with E-state index in [0.29, 0.717) is 28.9 Å². The number of carbonyl (C=O) groups is 2. The molecule has 0 spiro atoms. The first-order chi connectivity index (χ1) is 8.65. The van der Waals surface area contributed by atoms with Crippen LogP contribution in [0.2, 0.25) is 0 Å². The summed E-state index contributed by atoms with van der Waals surface area (Å²) in [5.41, 5.74) is 1.36. The Morgan fingerprint density at radius 2 is 2.22 bits per heavy atom. The lowest BCUT2D eigenvalue weighted by molar-refractivity contribution is -0.120. The number of anilines is 1. The number of nitrogens with zero attached hydrogens (tertiary/aromatic N) is 3. The molecule has 1 N–H and O–H groups in total. The highest BCUT2D eigenvalue weighted by atomic mass is 79.9. The number of pyridine rings is 1. The topological polar surface area (TPSA) is 66.7 Å². The van der Waals surface area contributed by atoms with Crippen molar-refractivity contribution in [3.8, 4) is 0 Å². The van der Waals surface area contributed by atoms with Crippen molar-refractivity contribution in [3.05, 3.63) is 29.1 Å². The molecular formula is C11H9BrN4O2. The predicted octanol–water partition coefficient (Wildman–Crippen LogP) is 1.54. The molecule has 3 amide bonds. The Labute approximate surface area is 111 Å². The van der Waals surface area contributed by atoms with Gasteiger partial charge in [0.1, 0.15) is 4.60 Å². The fourth-order valence-electron chi connectivity index (χ4n) is 1.97. The molecule has 2 aromatic rings. The number of amides is 3. The first kappa shape index (κ1) is 11.2. The van der Waals surface area contributed by atoms with Crippen molar-refractivity contribution >= 4 is 39.2 Å². The van der Waals surface area contributed by atoms with Gasteiger partial charge in [-0.05, 0) is 28.1 Å². The number of nitrogens with one attached hydrogen (secondary N) is 1. The van der Waals surface area contributed by atoms with Crippen molar-refractivity contribution in [2.45, 2.75) is 6.42 Å². The standard InChI is InChI=1S/C11H9BrN4O2/c12-8-6-15-4-1-2-7(10(15)13-8)16-5-3-9(17)14-11(16)18/h1-2,4,6H,3,5H2,(H,14,17,18). The Kier molecular flexibility index (Phi) is 2.55. The highest BCUT2D eigenvalue weighted by molar-refractivity contribution is 9.10. The fraction of sp³-hybridized carbons (Fsp3) is 0.182. The molecule has 1 saturated heterocycles. The van der Waals surface area contributed by atoms with E-state index in [0.717, 1.165) is 0 Å². The van der Waals surface area contributed by atoms with Gasteiger partial charge in [0.2, 0.25) is 5.91 Å². The Balaban J connectivity index is 2.08. The summed E-state index contributed by atoms with van der Waals surface area (Å²) in [7, 11) is 0. The van der Waals surface area contributed by atoms with E-state index in [1.807, 2.05) is 28.9 Å². The number of aromatic nitrogens is 2. The van der Waals surface area contributed by atoms with E-state index in [-0.39, 0.29) is 5.91 Å². The summed E-state index contributed by atoms with van der Waals surface area (Å²) < 4.78 is 2.52. The first-order valence-electron chi connectivity index (χ1n) is 5.40. The average molecular weight is 309 g/mol. The summed E-state index contributed by atoms with van der Waals surface area (Å²) in [6.45, 7) is 0.370. The third kappa shape index (κ3) is 1.76. The summed E-state index contributed by atoms with van der Waals surface area (Å²) in [4.78, 5) is 28.8. The molecule has 7 heteroatoms. The van der Waals surface area contributed by atoms with Crippen LogP contribution >= 0.6 is 15.9 Å². The van der Waals surface area contributed by atoms with E-state index in [1.54, 1.807) is 0 Å². The molecule has 3 rings (SSSR count). The summed E-state index contributed by atoms with van der Waals surface area (Å²) in [5, 5.41) is 2.30. The second-order valence-electron chi connectivity index (χ2n) is 3.94. The van der Waals surface area contributed by atoms with Gasteiger partial charge in [0.05, 0.1) is 5.69 Å². The molecule has 0 atom stereocenters. The van der Waals surface area contributed by atoms with Crippen LogP contribution in [0, 0.1) is 0 Å². The second-order valence-corrected chi connectivity index (χ2v) is 4.76. The zero-order valence-electron chi connectivity index (χ0n) is 9.26. The average Bonchev–Trinajstić information content (AvgIpc) is 2.69. The minimum absolute atomic E-state index is 0.243. The van der Waals surface area contributed by atoms with E-state index in [2.05, 4.69) is 26.2 Å². The maximum absolute atomic E-state index is 11.8. The molecule has 0 aliphatic carbocycles. The van der Waals surface area contributed by atoms with Crippen LogP contribution in [-0.2, 0) is 4.79 Å². The lowest BCUT2D eigenvalue weighted by Crippen LogP contribution is -2.49. The fourth-order valence-corrected chi connectivity index (χ4v) is 2.36. The number of hydrogen-bond donors (Lipinski definition) is 1. The van der Waals surface area contributed by atoms with Gasteiger partial charge in [-0.15, -0.1) is 0 Å². The summed E-state index contributed by atoms with van der Waals surface area (Å²) in [5.74, 6) is -0.243. The van der Waals surface area contributed by atoms with Gasteiger partial charge in [-0.3, -0.25) is 15.0 Å². The lowest BCUT2D eigenvalue weighted by Gasteiger charge is -2.26. The van der Waals surface area contributed by atoms with Gasteiger partial charge in [0, 0.05) is 25.4 Å². The van der Waals surface area contributed by atoms with Crippen LogP contribution in [0.4, 0.5) is 10.5 Å². The molecule has 0 radical (unpaired) electrons. The molecular weight excluding hydrogens is 300 g/mol. The zero-order valence-corrected chi connectivity index (χ0v) is 10.8. The normalized spacial score (nSPS) is 16.2. The number of fused-ring (bicyclic) bond motifs is 1. The van der Waals surface area contributed by atoms with Gasteiger partial charge < -0.3 is 4.40 Å². The molecule has 1 aliphatic heterocycles. The van der Waals surface area contributed by atoms with E-state index in [4.69, 9.17) is 0 Å².